The predicted octanol–water partition coefficient (Wildman–Crippen LogP) is 6.96. The summed E-state index contributed by atoms with van der Waals surface area (Å²) in [6.45, 7) is 2.17. The highest BCUT2D eigenvalue weighted by molar-refractivity contribution is 7.99. The molecule has 0 saturated carbocycles. The molecule has 1 unspecified atom stereocenters. The van der Waals surface area contributed by atoms with Gasteiger partial charge in [0.05, 0.1) is 37.5 Å². The Morgan fingerprint density at radius 1 is 0.831 bits per heavy atom. The second kappa shape index (κ2) is 18.2. The minimum atomic E-state index is -0.999. The van der Waals surface area contributed by atoms with Crippen LogP contribution in [0.15, 0.2) is 139 Å². The van der Waals surface area contributed by atoms with Crippen LogP contribution in [-0.4, -0.2) is 66.0 Å². The lowest BCUT2D eigenvalue weighted by Gasteiger charge is -2.41. The number of tetrazole rings is 1. The molecular formula is C45H42N6O7S. The number of nitrogens with zero attached hydrogens (tertiary/aromatic N) is 5. The van der Waals surface area contributed by atoms with Crippen LogP contribution in [0.25, 0.3) is 16.8 Å². The topological polar surface area (TPSA) is 158 Å². The summed E-state index contributed by atoms with van der Waals surface area (Å²) in [5, 5.41) is 25.3. The monoisotopic (exact) mass is 810 g/mol. The molecular weight excluding hydrogens is 769 g/mol. The molecule has 0 spiro atoms. The molecule has 2 saturated heterocycles. The van der Waals surface area contributed by atoms with Crippen molar-refractivity contribution in [3.8, 4) is 16.8 Å². The molecule has 0 bridgehead atoms. The molecule has 300 valence electrons. The van der Waals surface area contributed by atoms with E-state index in [1.165, 1.54) is 16.7 Å². The Kier molecular flexibility index (Phi) is 12.2. The Morgan fingerprint density at radius 2 is 1.54 bits per heavy atom. The fourth-order valence-electron chi connectivity index (χ4n) is 7.23. The highest BCUT2D eigenvalue weighted by Crippen LogP contribution is 2.43. The number of imide groups is 1. The molecule has 14 heteroatoms. The number of aliphatic hydroxyl groups is 1. The summed E-state index contributed by atoms with van der Waals surface area (Å²) >= 11 is 1.51. The van der Waals surface area contributed by atoms with E-state index in [-0.39, 0.29) is 50.2 Å². The van der Waals surface area contributed by atoms with Crippen molar-refractivity contribution in [2.75, 3.05) is 5.75 Å². The fourth-order valence-corrected chi connectivity index (χ4v) is 8.29. The Balaban J connectivity index is 0.973. The van der Waals surface area contributed by atoms with Crippen molar-refractivity contribution in [2.45, 2.75) is 62.8 Å². The lowest BCUT2D eigenvalue weighted by atomic mass is 9.91. The van der Waals surface area contributed by atoms with E-state index >= 15 is 0 Å². The van der Waals surface area contributed by atoms with E-state index in [0.29, 0.717) is 10.9 Å². The molecule has 6 aromatic rings. The maximum absolute atomic E-state index is 13.3. The molecule has 2 aliphatic heterocycles. The van der Waals surface area contributed by atoms with Gasteiger partial charge in [0.25, 0.3) is 5.91 Å². The Bertz CT molecular complexity index is 2400. The molecule has 13 nitrogen and oxygen atoms in total. The number of ether oxygens (including phenoxy) is 3. The fraction of sp³-hybridized carbons (Fsp3) is 0.244. The number of aromatic nitrogens is 4. The van der Waals surface area contributed by atoms with E-state index in [0.717, 1.165) is 44.6 Å². The van der Waals surface area contributed by atoms with Gasteiger partial charge in [0, 0.05) is 17.2 Å². The number of hydrogen-bond acceptors (Lipinski definition) is 11. The van der Waals surface area contributed by atoms with Gasteiger partial charge < -0.3 is 24.6 Å². The number of benzene rings is 5. The normalized spacial score (nSPS) is 20.4. The molecule has 2 aliphatic rings. The van der Waals surface area contributed by atoms with Crippen molar-refractivity contribution in [3.63, 3.8) is 0 Å². The molecule has 3 amide bonds. The Hall–Kier alpha value is -6.19. The van der Waals surface area contributed by atoms with Crippen LogP contribution in [0.2, 0.25) is 0 Å². The standard InChI is InChI=1S/C45H42N6O7S/c1-29-39(28-59-44-47-48-49-51(44)37-16-6-3-7-17-37)57-43(58-41(29)33-20-18-30(26-52)19-21-33)36-15-9-14-35(23-36)34-13-8-12-32(22-34)25-50-40(53)24-38(42(50)54)46-45(55)56-27-31-10-4-2-5-11-31/h2-23,29,38-39,41,43,52H,24-28H2,1H3,(H,46,55)/t29-,38?,39+,41+,43+/m0/s1. The van der Waals surface area contributed by atoms with Crippen LogP contribution in [0.4, 0.5) is 4.79 Å². The average molecular weight is 811 g/mol. The van der Waals surface area contributed by atoms with E-state index in [2.05, 4.69) is 27.8 Å². The first kappa shape index (κ1) is 39.6. The van der Waals surface area contributed by atoms with Crippen molar-refractivity contribution in [3.05, 3.63) is 161 Å². The number of alkyl carbamates (subject to hydrolysis) is 1. The van der Waals surface area contributed by atoms with Gasteiger partial charge in [-0.1, -0.05) is 128 Å². The largest absolute Gasteiger partial charge is 0.445 e. The van der Waals surface area contributed by atoms with Gasteiger partial charge in [0.15, 0.2) is 6.29 Å². The quantitative estimate of drug-likeness (QED) is 0.0918. The number of carbonyl (C=O) groups is 3. The lowest BCUT2D eigenvalue weighted by Crippen LogP contribution is -2.41. The van der Waals surface area contributed by atoms with Gasteiger partial charge >= 0.3 is 6.09 Å². The maximum atomic E-state index is 13.3. The highest BCUT2D eigenvalue weighted by Gasteiger charge is 2.40. The number of amides is 3. The van der Waals surface area contributed by atoms with Gasteiger partial charge in [-0.2, -0.15) is 4.68 Å². The van der Waals surface area contributed by atoms with Crippen LogP contribution in [0.3, 0.4) is 0 Å². The van der Waals surface area contributed by atoms with Crippen molar-refractivity contribution >= 4 is 29.7 Å². The van der Waals surface area contributed by atoms with E-state index in [9.17, 15) is 19.5 Å². The first-order valence-electron chi connectivity index (χ1n) is 19.3. The van der Waals surface area contributed by atoms with E-state index in [1.54, 1.807) is 4.68 Å². The van der Waals surface area contributed by atoms with Gasteiger partial charge in [0.1, 0.15) is 12.6 Å². The molecule has 8 rings (SSSR count). The maximum Gasteiger partial charge on any atom is 0.408 e. The zero-order chi connectivity index (χ0) is 40.7. The van der Waals surface area contributed by atoms with Crippen LogP contribution in [0.5, 0.6) is 0 Å². The number of hydrogen-bond donors (Lipinski definition) is 2. The van der Waals surface area contributed by atoms with Crippen LogP contribution < -0.4 is 5.32 Å². The number of para-hydroxylation sites is 1. The molecule has 5 aromatic carbocycles. The summed E-state index contributed by atoms with van der Waals surface area (Å²) in [6.07, 6.45) is -2.18. The summed E-state index contributed by atoms with van der Waals surface area (Å²) in [4.78, 5) is 39.9. The third kappa shape index (κ3) is 9.26. The number of nitrogens with one attached hydrogen (secondary N) is 1. The summed E-state index contributed by atoms with van der Waals surface area (Å²) in [5.41, 5.74) is 6.80. The van der Waals surface area contributed by atoms with E-state index < -0.39 is 24.3 Å². The second-order valence-electron chi connectivity index (χ2n) is 14.4. The Morgan fingerprint density at radius 3 is 2.31 bits per heavy atom. The van der Waals surface area contributed by atoms with Crippen LogP contribution in [-0.2, 0) is 43.6 Å². The van der Waals surface area contributed by atoms with Gasteiger partial charge in [-0.05, 0) is 68.1 Å². The number of rotatable bonds is 13. The van der Waals surface area contributed by atoms with Gasteiger partial charge in [0.2, 0.25) is 11.1 Å². The smallest absolute Gasteiger partial charge is 0.408 e. The van der Waals surface area contributed by atoms with Crippen LogP contribution >= 0.6 is 11.8 Å². The summed E-state index contributed by atoms with van der Waals surface area (Å²) in [6, 6.07) is 41.3. The Labute approximate surface area is 345 Å². The highest BCUT2D eigenvalue weighted by atomic mass is 32.2. The van der Waals surface area contributed by atoms with Gasteiger partial charge in [-0.15, -0.1) is 5.10 Å². The zero-order valence-electron chi connectivity index (χ0n) is 32.2. The zero-order valence-corrected chi connectivity index (χ0v) is 33.0. The molecule has 0 aliphatic carbocycles. The second-order valence-corrected chi connectivity index (χ2v) is 15.4. The third-order valence-electron chi connectivity index (χ3n) is 10.5. The lowest BCUT2D eigenvalue weighted by molar-refractivity contribution is -0.268. The minimum absolute atomic E-state index is 0.0504. The predicted molar refractivity (Wildman–Crippen MR) is 218 cm³/mol. The van der Waals surface area contributed by atoms with Gasteiger partial charge in [-0.3, -0.25) is 14.5 Å². The van der Waals surface area contributed by atoms with Crippen molar-refractivity contribution < 1.29 is 33.7 Å². The summed E-state index contributed by atoms with van der Waals surface area (Å²) in [7, 11) is 0. The number of carbonyl (C=O) groups excluding carboxylic acids is 3. The molecule has 59 heavy (non-hydrogen) atoms. The molecule has 0 radical (unpaired) electrons. The van der Waals surface area contributed by atoms with Gasteiger partial charge in [-0.25, -0.2) is 4.79 Å². The molecule has 3 heterocycles. The summed E-state index contributed by atoms with van der Waals surface area (Å²) in [5.74, 6) is -0.350. The molecule has 5 atom stereocenters. The van der Waals surface area contributed by atoms with Crippen LogP contribution in [0, 0.1) is 5.92 Å². The number of likely N-dealkylation sites (tertiary alicyclic amines) is 1. The van der Waals surface area contributed by atoms with Crippen LogP contribution in [0.1, 0.15) is 53.6 Å². The van der Waals surface area contributed by atoms with Crippen molar-refractivity contribution in [2.24, 2.45) is 5.92 Å². The SMILES string of the molecule is C[C@H]1[C@@H](CSc2nnnn2-c2ccccc2)O[C@@H](c2cccc(-c3cccc(CN4C(=O)CC(NC(=O)OCc5ccccc5)C4=O)c3)c2)O[C@H]1c1ccc(CO)cc1. The first-order valence-corrected chi connectivity index (χ1v) is 20.3. The molecule has 2 N–H and O–H groups in total. The third-order valence-corrected chi connectivity index (χ3v) is 11.5. The van der Waals surface area contributed by atoms with Crippen molar-refractivity contribution in [1.82, 2.24) is 30.4 Å². The average Bonchev–Trinajstić information content (AvgIpc) is 3.86. The molecule has 1 aromatic heterocycles. The molecule has 2 fully saturated rings. The summed E-state index contributed by atoms with van der Waals surface area (Å²) < 4.78 is 20.5. The van der Waals surface area contributed by atoms with Crippen molar-refractivity contribution in [1.29, 1.82) is 0 Å². The number of aliphatic hydroxyl groups excluding tert-OH is 1. The van der Waals surface area contributed by atoms with E-state index in [4.69, 9.17) is 14.2 Å². The van der Waals surface area contributed by atoms with E-state index in [1.807, 2.05) is 133 Å². The minimum Gasteiger partial charge on any atom is -0.445 e. The number of thioether (sulfide) groups is 1. The first-order chi connectivity index (χ1) is 28.8.